The largest absolute Gasteiger partial charge is 0.358 e. The standard InChI is InChI=1S/C26H22BrNOS/c1-16-9-11-17(12-10-16)19-14-22-25(23(29)15-19)26(18-5-4-6-20(27)13-18)30-24-8-3-2-7-21(24)28-22/h2-13,19,26,28H,14-15H2,1H3. The van der Waals surface area contributed by atoms with E-state index in [-0.39, 0.29) is 17.0 Å². The first-order chi connectivity index (χ1) is 14.6. The summed E-state index contributed by atoms with van der Waals surface area (Å²) in [7, 11) is 0. The molecule has 0 saturated carbocycles. The van der Waals surface area contributed by atoms with Crippen molar-refractivity contribution in [2.45, 2.75) is 35.8 Å². The Labute approximate surface area is 189 Å². The molecule has 0 bridgehead atoms. The van der Waals surface area contributed by atoms with Gasteiger partial charge in [0.1, 0.15) is 0 Å². The van der Waals surface area contributed by atoms with Crippen molar-refractivity contribution in [1.82, 2.24) is 0 Å². The molecule has 5 rings (SSSR count). The van der Waals surface area contributed by atoms with Crippen molar-refractivity contribution < 1.29 is 4.79 Å². The molecule has 0 spiro atoms. The second-order valence-electron chi connectivity index (χ2n) is 8.01. The highest BCUT2D eigenvalue weighted by Crippen LogP contribution is 2.51. The van der Waals surface area contributed by atoms with Crippen LogP contribution in [0.15, 0.2) is 93.4 Å². The highest BCUT2D eigenvalue weighted by atomic mass is 79.9. The van der Waals surface area contributed by atoms with E-state index in [1.807, 2.05) is 18.2 Å². The predicted octanol–water partition coefficient (Wildman–Crippen LogP) is 7.42. The average Bonchev–Trinajstić information content (AvgIpc) is 2.91. The molecule has 3 aromatic carbocycles. The molecule has 0 amide bonds. The Hall–Kier alpha value is -2.30. The second-order valence-corrected chi connectivity index (χ2v) is 10.1. The van der Waals surface area contributed by atoms with Gasteiger partial charge in [-0.05, 0) is 54.7 Å². The van der Waals surface area contributed by atoms with Gasteiger partial charge in [0.05, 0.1) is 10.9 Å². The lowest BCUT2D eigenvalue weighted by molar-refractivity contribution is -0.116. The quantitative estimate of drug-likeness (QED) is 0.417. The molecule has 2 nitrogen and oxygen atoms in total. The Bertz CT molecular complexity index is 1150. The summed E-state index contributed by atoms with van der Waals surface area (Å²) in [5.74, 6) is 0.461. The first-order valence-corrected chi connectivity index (χ1v) is 11.9. The molecule has 2 unspecified atom stereocenters. The lowest BCUT2D eigenvalue weighted by atomic mass is 9.79. The van der Waals surface area contributed by atoms with Gasteiger partial charge in [0, 0.05) is 27.1 Å². The summed E-state index contributed by atoms with van der Waals surface area (Å²) in [4.78, 5) is 14.7. The smallest absolute Gasteiger partial charge is 0.162 e. The molecule has 2 aliphatic rings. The Kier molecular flexibility index (Phi) is 5.30. The molecular weight excluding hydrogens is 454 g/mol. The Morgan fingerprint density at radius 2 is 1.73 bits per heavy atom. The van der Waals surface area contributed by atoms with Crippen molar-refractivity contribution in [3.8, 4) is 0 Å². The Morgan fingerprint density at radius 3 is 2.53 bits per heavy atom. The van der Waals surface area contributed by atoms with E-state index < -0.39 is 0 Å². The number of ketones is 1. The number of Topliss-reactive ketones (excluding diaryl/α,β-unsaturated/α-hetero) is 1. The summed E-state index contributed by atoms with van der Waals surface area (Å²) in [5, 5.41) is 3.63. The number of nitrogens with one attached hydrogen (secondary N) is 1. The molecule has 150 valence electrons. The van der Waals surface area contributed by atoms with E-state index in [0.29, 0.717) is 6.42 Å². The van der Waals surface area contributed by atoms with Crippen molar-refractivity contribution in [2.24, 2.45) is 0 Å². The fourth-order valence-electron chi connectivity index (χ4n) is 4.35. The summed E-state index contributed by atoms with van der Waals surface area (Å²) < 4.78 is 1.04. The SMILES string of the molecule is Cc1ccc(C2CC(=O)C3=C(C2)Nc2ccccc2SC3c2cccc(Br)c2)cc1. The molecule has 30 heavy (non-hydrogen) atoms. The number of carbonyl (C=O) groups is 1. The number of hydrogen-bond acceptors (Lipinski definition) is 3. The van der Waals surface area contributed by atoms with Gasteiger partial charge in [-0.1, -0.05) is 70.0 Å². The number of fused-ring (bicyclic) bond motifs is 1. The minimum absolute atomic E-state index is 0.0138. The molecule has 1 aliphatic heterocycles. The molecule has 0 saturated heterocycles. The lowest BCUT2D eigenvalue weighted by Crippen LogP contribution is -2.24. The first kappa shape index (κ1) is 19.7. The molecule has 0 aromatic heterocycles. The number of allylic oxidation sites excluding steroid dienone is 1. The van der Waals surface area contributed by atoms with E-state index in [0.717, 1.165) is 33.4 Å². The number of anilines is 1. The minimum atomic E-state index is -0.0138. The van der Waals surface area contributed by atoms with Crippen molar-refractivity contribution >= 4 is 39.2 Å². The normalized spacial score (nSPS) is 20.8. The van der Waals surface area contributed by atoms with E-state index in [4.69, 9.17) is 0 Å². The van der Waals surface area contributed by atoms with Crippen LogP contribution in [0.25, 0.3) is 0 Å². The first-order valence-electron chi connectivity index (χ1n) is 10.2. The van der Waals surface area contributed by atoms with Gasteiger partial charge < -0.3 is 5.32 Å². The third-order valence-corrected chi connectivity index (χ3v) is 7.73. The highest BCUT2D eigenvalue weighted by Gasteiger charge is 2.36. The maximum atomic E-state index is 13.5. The summed E-state index contributed by atoms with van der Waals surface area (Å²) >= 11 is 5.37. The predicted molar refractivity (Wildman–Crippen MR) is 128 cm³/mol. The number of hydrogen-bond donors (Lipinski definition) is 1. The third-order valence-electron chi connectivity index (χ3n) is 5.89. The monoisotopic (exact) mass is 475 g/mol. The van der Waals surface area contributed by atoms with Crippen LogP contribution in [0, 0.1) is 6.92 Å². The third kappa shape index (κ3) is 3.75. The van der Waals surface area contributed by atoms with E-state index in [1.165, 1.54) is 16.0 Å². The van der Waals surface area contributed by atoms with E-state index in [2.05, 4.69) is 82.8 Å². The fourth-order valence-corrected chi connectivity index (χ4v) is 6.10. The number of para-hydroxylation sites is 1. The number of rotatable bonds is 2. The summed E-state index contributed by atoms with van der Waals surface area (Å²) in [6.45, 7) is 2.10. The molecule has 4 heteroatoms. The summed E-state index contributed by atoms with van der Waals surface area (Å²) in [5.41, 5.74) is 6.73. The molecule has 1 N–H and O–H groups in total. The number of aryl methyl sites for hydroxylation is 1. The minimum Gasteiger partial charge on any atom is -0.358 e. The summed E-state index contributed by atoms with van der Waals surface area (Å²) in [6.07, 6.45) is 1.41. The van der Waals surface area contributed by atoms with Crippen molar-refractivity contribution in [1.29, 1.82) is 0 Å². The van der Waals surface area contributed by atoms with Gasteiger partial charge in [-0.25, -0.2) is 0 Å². The molecule has 3 aromatic rings. The molecule has 0 fully saturated rings. The van der Waals surface area contributed by atoms with Gasteiger partial charge in [-0.3, -0.25) is 4.79 Å². The lowest BCUT2D eigenvalue weighted by Gasteiger charge is -2.29. The van der Waals surface area contributed by atoms with E-state index in [1.54, 1.807) is 11.8 Å². The average molecular weight is 476 g/mol. The van der Waals surface area contributed by atoms with Crippen LogP contribution >= 0.6 is 27.7 Å². The van der Waals surface area contributed by atoms with Gasteiger partial charge >= 0.3 is 0 Å². The molecule has 1 heterocycles. The maximum absolute atomic E-state index is 13.5. The van der Waals surface area contributed by atoms with Crippen LogP contribution in [-0.4, -0.2) is 5.78 Å². The van der Waals surface area contributed by atoms with Crippen molar-refractivity contribution in [3.63, 3.8) is 0 Å². The Balaban J connectivity index is 1.61. The fraction of sp³-hybridized carbons (Fsp3) is 0.192. The van der Waals surface area contributed by atoms with Gasteiger partial charge in [0.2, 0.25) is 0 Å². The van der Waals surface area contributed by atoms with Gasteiger partial charge in [0.15, 0.2) is 5.78 Å². The summed E-state index contributed by atoms with van der Waals surface area (Å²) in [6, 6.07) is 25.3. The van der Waals surface area contributed by atoms with Crippen LogP contribution < -0.4 is 5.32 Å². The number of halogens is 1. The zero-order valence-electron chi connectivity index (χ0n) is 16.7. The highest BCUT2D eigenvalue weighted by molar-refractivity contribution is 9.10. The van der Waals surface area contributed by atoms with Crippen molar-refractivity contribution in [2.75, 3.05) is 5.32 Å². The Morgan fingerprint density at radius 1 is 0.933 bits per heavy atom. The van der Waals surface area contributed by atoms with Gasteiger partial charge in [-0.2, -0.15) is 0 Å². The van der Waals surface area contributed by atoms with Crippen LogP contribution in [0.4, 0.5) is 5.69 Å². The van der Waals surface area contributed by atoms with Crippen LogP contribution in [0.5, 0.6) is 0 Å². The maximum Gasteiger partial charge on any atom is 0.162 e. The molecule has 2 atom stereocenters. The van der Waals surface area contributed by atoms with Gasteiger partial charge in [-0.15, -0.1) is 11.8 Å². The topological polar surface area (TPSA) is 29.1 Å². The van der Waals surface area contributed by atoms with Crippen LogP contribution in [0.2, 0.25) is 0 Å². The molecular formula is C26H22BrNOS. The number of carbonyl (C=O) groups excluding carboxylic acids is 1. The van der Waals surface area contributed by atoms with Crippen LogP contribution in [-0.2, 0) is 4.79 Å². The zero-order chi connectivity index (χ0) is 20.7. The van der Waals surface area contributed by atoms with E-state index in [9.17, 15) is 4.79 Å². The number of benzene rings is 3. The van der Waals surface area contributed by atoms with Crippen molar-refractivity contribution in [3.05, 3.63) is 105 Å². The van der Waals surface area contributed by atoms with Crippen LogP contribution in [0.3, 0.4) is 0 Å². The molecule has 0 radical (unpaired) electrons. The number of thioether (sulfide) groups is 1. The van der Waals surface area contributed by atoms with Gasteiger partial charge in [0.25, 0.3) is 0 Å². The molecule has 1 aliphatic carbocycles. The second kappa shape index (κ2) is 8.09. The van der Waals surface area contributed by atoms with Crippen LogP contribution in [0.1, 0.15) is 40.7 Å². The zero-order valence-corrected chi connectivity index (χ0v) is 19.1. The van der Waals surface area contributed by atoms with E-state index >= 15 is 0 Å².